The number of rotatable bonds is 5. The summed E-state index contributed by atoms with van der Waals surface area (Å²) in [5.41, 5.74) is -1.60. The molecule has 0 aliphatic carbocycles. The van der Waals surface area contributed by atoms with E-state index in [4.69, 9.17) is 14.2 Å². The summed E-state index contributed by atoms with van der Waals surface area (Å²) in [7, 11) is 1.24. The molecule has 0 bridgehead atoms. The van der Waals surface area contributed by atoms with Crippen molar-refractivity contribution in [2.24, 2.45) is 0 Å². The monoisotopic (exact) mass is 458 g/mol. The maximum Gasteiger partial charge on any atom is 0.423 e. The number of hydrogen-bond donors (Lipinski definition) is 0. The minimum absolute atomic E-state index is 0.0494. The Hall–Kier alpha value is -2.95. The maximum absolute atomic E-state index is 14.5. The normalized spacial score (nSPS) is 21.3. The van der Waals surface area contributed by atoms with E-state index in [9.17, 15) is 26.7 Å². The predicted octanol–water partition coefficient (Wildman–Crippen LogP) is 4.08. The quantitative estimate of drug-likeness (QED) is 0.633. The summed E-state index contributed by atoms with van der Waals surface area (Å²) in [4.78, 5) is 17.2. The Bertz CT molecular complexity index is 1000. The van der Waals surface area contributed by atoms with Crippen LogP contribution in [0.3, 0.4) is 0 Å². The van der Waals surface area contributed by atoms with Crippen molar-refractivity contribution >= 4 is 11.7 Å². The number of amides is 1. The summed E-state index contributed by atoms with van der Waals surface area (Å²) < 4.78 is 86.3. The Morgan fingerprint density at radius 3 is 2.53 bits per heavy atom. The molecule has 2 atom stereocenters. The minimum Gasteiger partial charge on any atom is -0.497 e. The van der Waals surface area contributed by atoms with Crippen molar-refractivity contribution in [3.63, 3.8) is 0 Å². The Labute approximate surface area is 179 Å². The van der Waals surface area contributed by atoms with E-state index in [0.717, 1.165) is 29.3 Å². The SMILES string of the molecule is COc1cc(F)c([C@H]2CC(=O)N(c3nccc(OC4CCOC4)c3C(F)(F)F)C2)c(F)c1. The second-order valence-electron chi connectivity index (χ2n) is 7.52. The van der Waals surface area contributed by atoms with Crippen LogP contribution < -0.4 is 14.4 Å². The Balaban J connectivity index is 1.69. The number of carbonyl (C=O) groups excluding carboxylic acids is 1. The van der Waals surface area contributed by atoms with Gasteiger partial charge in [-0.1, -0.05) is 0 Å². The van der Waals surface area contributed by atoms with Gasteiger partial charge in [0.1, 0.15) is 34.8 Å². The fourth-order valence-electron chi connectivity index (χ4n) is 3.96. The van der Waals surface area contributed by atoms with Crippen molar-refractivity contribution < 1.29 is 41.0 Å². The molecule has 2 aliphatic heterocycles. The third-order valence-corrected chi connectivity index (χ3v) is 5.43. The van der Waals surface area contributed by atoms with Crippen LogP contribution in [0.5, 0.6) is 11.5 Å². The first-order valence-corrected chi connectivity index (χ1v) is 9.83. The van der Waals surface area contributed by atoms with Crippen LogP contribution in [0.2, 0.25) is 0 Å². The van der Waals surface area contributed by atoms with Crippen LogP contribution in [-0.2, 0) is 15.7 Å². The van der Waals surface area contributed by atoms with Gasteiger partial charge >= 0.3 is 6.18 Å². The fourth-order valence-corrected chi connectivity index (χ4v) is 3.96. The van der Waals surface area contributed by atoms with E-state index in [1.807, 2.05) is 0 Å². The molecule has 2 saturated heterocycles. The number of hydrogen-bond acceptors (Lipinski definition) is 5. The highest BCUT2D eigenvalue weighted by Crippen LogP contribution is 2.45. The van der Waals surface area contributed by atoms with Gasteiger partial charge in [0.2, 0.25) is 5.91 Å². The second kappa shape index (κ2) is 8.53. The van der Waals surface area contributed by atoms with E-state index >= 15 is 0 Å². The van der Waals surface area contributed by atoms with Crippen molar-refractivity contribution in [1.29, 1.82) is 0 Å². The number of nitrogens with zero attached hydrogens (tertiary/aromatic N) is 2. The van der Waals surface area contributed by atoms with Gasteiger partial charge in [-0.05, 0) is 6.07 Å². The third-order valence-electron chi connectivity index (χ3n) is 5.43. The maximum atomic E-state index is 14.5. The molecule has 1 amide bonds. The first-order chi connectivity index (χ1) is 15.2. The molecule has 1 unspecified atom stereocenters. The van der Waals surface area contributed by atoms with Crippen molar-refractivity contribution in [1.82, 2.24) is 4.98 Å². The fraction of sp³-hybridized carbons (Fsp3) is 0.429. The van der Waals surface area contributed by atoms with Crippen molar-refractivity contribution in [3.05, 3.63) is 47.2 Å². The summed E-state index contributed by atoms with van der Waals surface area (Å²) in [5, 5.41) is 0. The summed E-state index contributed by atoms with van der Waals surface area (Å²) in [5.74, 6) is -4.79. The highest BCUT2D eigenvalue weighted by atomic mass is 19.4. The highest BCUT2D eigenvalue weighted by Gasteiger charge is 2.44. The predicted molar refractivity (Wildman–Crippen MR) is 102 cm³/mol. The van der Waals surface area contributed by atoms with Gasteiger partial charge in [0.05, 0.1) is 20.3 Å². The number of methoxy groups -OCH3 is 1. The zero-order chi connectivity index (χ0) is 23.0. The van der Waals surface area contributed by atoms with Crippen LogP contribution in [0.1, 0.15) is 29.9 Å². The third kappa shape index (κ3) is 4.21. The molecule has 4 rings (SSSR count). The highest BCUT2D eigenvalue weighted by molar-refractivity contribution is 5.96. The van der Waals surface area contributed by atoms with E-state index in [0.29, 0.717) is 13.0 Å². The largest absolute Gasteiger partial charge is 0.497 e. The molecule has 1 aromatic heterocycles. The number of carbonyl (C=O) groups is 1. The van der Waals surface area contributed by atoms with E-state index < -0.39 is 52.9 Å². The van der Waals surface area contributed by atoms with Crippen molar-refractivity contribution in [2.45, 2.75) is 31.0 Å². The summed E-state index contributed by atoms with van der Waals surface area (Å²) in [6.07, 6.45) is -4.29. The Morgan fingerprint density at radius 1 is 1.22 bits per heavy atom. The van der Waals surface area contributed by atoms with Gasteiger partial charge in [0.15, 0.2) is 5.82 Å². The number of alkyl halides is 3. The van der Waals surface area contributed by atoms with E-state index in [1.165, 1.54) is 7.11 Å². The summed E-state index contributed by atoms with van der Waals surface area (Å²) in [6.45, 7) is 0.149. The van der Waals surface area contributed by atoms with Crippen LogP contribution in [0.4, 0.5) is 27.8 Å². The van der Waals surface area contributed by atoms with E-state index in [-0.39, 0.29) is 30.9 Å². The average molecular weight is 458 g/mol. The molecule has 32 heavy (non-hydrogen) atoms. The van der Waals surface area contributed by atoms with Crippen LogP contribution in [0.15, 0.2) is 24.4 Å². The smallest absolute Gasteiger partial charge is 0.423 e. The number of pyridine rings is 1. The van der Waals surface area contributed by atoms with Gasteiger partial charge in [0.25, 0.3) is 0 Å². The zero-order valence-corrected chi connectivity index (χ0v) is 16.9. The number of ether oxygens (including phenoxy) is 3. The lowest BCUT2D eigenvalue weighted by Crippen LogP contribution is -2.29. The Kier molecular flexibility index (Phi) is 5.93. The molecular formula is C21H19F5N2O4. The molecule has 6 nitrogen and oxygen atoms in total. The molecule has 0 radical (unpaired) electrons. The van der Waals surface area contributed by atoms with Gasteiger partial charge in [0, 0.05) is 49.2 Å². The standard InChI is InChI=1S/C21H19F5N2O4/c1-30-13-7-14(22)18(15(23)8-13)11-6-17(29)28(9-11)20-19(21(24,25)26)16(2-4-27-20)32-12-3-5-31-10-12/h2,4,7-8,11-12H,3,5-6,9-10H2,1H3/t11-,12?/m0/s1. The van der Waals surface area contributed by atoms with Gasteiger partial charge in [-0.3, -0.25) is 9.69 Å². The van der Waals surface area contributed by atoms with Crippen molar-refractivity contribution in [2.75, 3.05) is 31.8 Å². The van der Waals surface area contributed by atoms with Crippen LogP contribution in [0.25, 0.3) is 0 Å². The van der Waals surface area contributed by atoms with Crippen LogP contribution in [-0.4, -0.2) is 43.9 Å². The molecule has 11 heteroatoms. The van der Waals surface area contributed by atoms with Gasteiger partial charge < -0.3 is 14.2 Å². The molecule has 0 N–H and O–H groups in total. The van der Waals surface area contributed by atoms with E-state index in [1.54, 1.807) is 0 Å². The molecule has 172 valence electrons. The lowest BCUT2D eigenvalue weighted by molar-refractivity contribution is -0.139. The average Bonchev–Trinajstić information content (AvgIpc) is 3.36. The lowest BCUT2D eigenvalue weighted by Gasteiger charge is -2.24. The van der Waals surface area contributed by atoms with Crippen LogP contribution >= 0.6 is 0 Å². The number of halogens is 5. The van der Waals surface area contributed by atoms with Crippen LogP contribution in [0, 0.1) is 11.6 Å². The molecular weight excluding hydrogens is 439 g/mol. The topological polar surface area (TPSA) is 60.9 Å². The van der Waals surface area contributed by atoms with E-state index in [2.05, 4.69) is 4.98 Å². The minimum atomic E-state index is -4.88. The number of anilines is 1. The summed E-state index contributed by atoms with van der Waals surface area (Å²) in [6, 6.07) is 3.00. The molecule has 0 saturated carbocycles. The Morgan fingerprint density at radius 2 is 1.94 bits per heavy atom. The van der Waals surface area contributed by atoms with Gasteiger partial charge in [-0.2, -0.15) is 13.2 Å². The lowest BCUT2D eigenvalue weighted by atomic mass is 9.97. The first-order valence-electron chi connectivity index (χ1n) is 9.83. The number of aromatic nitrogens is 1. The first kappa shape index (κ1) is 22.3. The number of benzene rings is 1. The summed E-state index contributed by atoms with van der Waals surface area (Å²) >= 11 is 0. The molecule has 3 heterocycles. The molecule has 2 fully saturated rings. The molecule has 2 aliphatic rings. The molecule has 0 spiro atoms. The molecule has 1 aromatic carbocycles. The molecule has 2 aromatic rings. The second-order valence-corrected chi connectivity index (χ2v) is 7.52. The van der Waals surface area contributed by atoms with Gasteiger partial charge in [-0.15, -0.1) is 0 Å². The van der Waals surface area contributed by atoms with Gasteiger partial charge in [-0.25, -0.2) is 13.8 Å². The zero-order valence-electron chi connectivity index (χ0n) is 16.9. The van der Waals surface area contributed by atoms with Crippen molar-refractivity contribution in [3.8, 4) is 11.5 Å².